The van der Waals surface area contributed by atoms with Gasteiger partial charge in [-0.15, -0.1) is 0 Å². The van der Waals surface area contributed by atoms with Crippen molar-refractivity contribution in [2.45, 2.75) is 20.4 Å². The van der Waals surface area contributed by atoms with Crippen molar-refractivity contribution in [1.29, 1.82) is 0 Å². The second kappa shape index (κ2) is 6.25. The molecule has 0 heterocycles. The zero-order valence-corrected chi connectivity index (χ0v) is 9.71. The molecule has 0 radical (unpaired) electrons. The quantitative estimate of drug-likeness (QED) is 0.746. The summed E-state index contributed by atoms with van der Waals surface area (Å²) in [5.74, 6) is 1.00. The van der Waals surface area contributed by atoms with Gasteiger partial charge in [-0.2, -0.15) is 0 Å². The molecule has 0 aliphatic carbocycles. The van der Waals surface area contributed by atoms with Crippen LogP contribution in [0.15, 0.2) is 30.4 Å². The van der Waals surface area contributed by atoms with E-state index in [0.29, 0.717) is 6.61 Å². The van der Waals surface area contributed by atoms with E-state index in [2.05, 4.69) is 30.4 Å². The SMILES string of the molecule is C/C=C/COc1c(C)cccc1CNC. The van der Waals surface area contributed by atoms with Gasteiger partial charge in [-0.3, -0.25) is 0 Å². The summed E-state index contributed by atoms with van der Waals surface area (Å²) in [6.07, 6.45) is 4.01. The second-order valence-electron chi connectivity index (χ2n) is 3.47. The molecular formula is C13H19NO. The van der Waals surface area contributed by atoms with Crippen LogP contribution in [0.1, 0.15) is 18.1 Å². The van der Waals surface area contributed by atoms with Gasteiger partial charge >= 0.3 is 0 Å². The van der Waals surface area contributed by atoms with E-state index in [9.17, 15) is 0 Å². The van der Waals surface area contributed by atoms with Crippen LogP contribution in [0.4, 0.5) is 0 Å². The summed E-state index contributed by atoms with van der Waals surface area (Å²) < 4.78 is 5.73. The zero-order chi connectivity index (χ0) is 11.1. The fraction of sp³-hybridized carbons (Fsp3) is 0.385. The van der Waals surface area contributed by atoms with Crippen molar-refractivity contribution in [2.75, 3.05) is 13.7 Å². The molecule has 0 aliphatic rings. The minimum Gasteiger partial charge on any atom is -0.489 e. The lowest BCUT2D eigenvalue weighted by Gasteiger charge is -2.12. The molecule has 1 aromatic rings. The Hall–Kier alpha value is -1.28. The Morgan fingerprint density at radius 2 is 2.20 bits per heavy atom. The lowest BCUT2D eigenvalue weighted by Crippen LogP contribution is -2.08. The van der Waals surface area contributed by atoms with Gasteiger partial charge in [-0.05, 0) is 26.5 Å². The van der Waals surface area contributed by atoms with Crippen LogP contribution >= 0.6 is 0 Å². The predicted molar refractivity (Wildman–Crippen MR) is 64.3 cm³/mol. The zero-order valence-electron chi connectivity index (χ0n) is 9.71. The highest BCUT2D eigenvalue weighted by Crippen LogP contribution is 2.23. The lowest BCUT2D eigenvalue weighted by molar-refractivity contribution is 0.355. The molecule has 0 amide bonds. The van der Waals surface area contributed by atoms with E-state index < -0.39 is 0 Å². The van der Waals surface area contributed by atoms with E-state index >= 15 is 0 Å². The van der Waals surface area contributed by atoms with Crippen molar-refractivity contribution in [2.24, 2.45) is 0 Å². The molecule has 0 fully saturated rings. The van der Waals surface area contributed by atoms with E-state index in [1.807, 2.05) is 26.1 Å². The standard InChI is InChI=1S/C13H19NO/c1-4-5-9-15-13-11(2)7-6-8-12(13)10-14-3/h4-8,14H,9-10H2,1-3H3/b5-4+. The third-order valence-electron chi connectivity index (χ3n) is 2.22. The van der Waals surface area contributed by atoms with Crippen molar-refractivity contribution >= 4 is 0 Å². The Balaban J connectivity index is 2.81. The summed E-state index contributed by atoms with van der Waals surface area (Å²) in [5.41, 5.74) is 2.40. The van der Waals surface area contributed by atoms with Crippen LogP contribution in [0.25, 0.3) is 0 Å². The molecule has 1 N–H and O–H groups in total. The highest BCUT2D eigenvalue weighted by atomic mass is 16.5. The van der Waals surface area contributed by atoms with E-state index in [0.717, 1.165) is 12.3 Å². The number of ether oxygens (including phenoxy) is 1. The van der Waals surface area contributed by atoms with Crippen LogP contribution < -0.4 is 10.1 Å². The molecule has 0 saturated heterocycles. The highest BCUT2D eigenvalue weighted by Gasteiger charge is 2.04. The van der Waals surface area contributed by atoms with Gasteiger partial charge in [0.25, 0.3) is 0 Å². The average Bonchev–Trinajstić information content (AvgIpc) is 2.23. The number of para-hydroxylation sites is 1. The first-order valence-electron chi connectivity index (χ1n) is 5.26. The Bertz CT molecular complexity index is 331. The number of benzene rings is 1. The Morgan fingerprint density at radius 3 is 2.87 bits per heavy atom. The topological polar surface area (TPSA) is 21.3 Å². The molecule has 0 bridgehead atoms. The number of allylic oxidation sites excluding steroid dienone is 1. The molecule has 0 unspecified atom stereocenters. The van der Waals surface area contributed by atoms with Gasteiger partial charge in [0.05, 0.1) is 0 Å². The number of nitrogens with one attached hydrogen (secondary N) is 1. The lowest BCUT2D eigenvalue weighted by atomic mass is 10.1. The van der Waals surface area contributed by atoms with Gasteiger partial charge in [-0.1, -0.05) is 30.4 Å². The average molecular weight is 205 g/mol. The smallest absolute Gasteiger partial charge is 0.127 e. The van der Waals surface area contributed by atoms with Crippen LogP contribution in [0.2, 0.25) is 0 Å². The summed E-state index contributed by atoms with van der Waals surface area (Å²) in [6, 6.07) is 6.23. The van der Waals surface area contributed by atoms with E-state index in [1.165, 1.54) is 11.1 Å². The molecule has 15 heavy (non-hydrogen) atoms. The van der Waals surface area contributed by atoms with Gasteiger partial charge in [0.15, 0.2) is 0 Å². The number of rotatable bonds is 5. The van der Waals surface area contributed by atoms with Crippen LogP contribution in [-0.2, 0) is 6.54 Å². The monoisotopic (exact) mass is 205 g/mol. The van der Waals surface area contributed by atoms with Crippen LogP contribution in [-0.4, -0.2) is 13.7 Å². The Labute approximate surface area is 92.0 Å². The van der Waals surface area contributed by atoms with E-state index in [4.69, 9.17) is 4.74 Å². The van der Waals surface area contributed by atoms with Gasteiger partial charge in [0.2, 0.25) is 0 Å². The molecule has 0 atom stereocenters. The molecule has 0 saturated carbocycles. The largest absolute Gasteiger partial charge is 0.489 e. The van der Waals surface area contributed by atoms with Crippen LogP contribution in [0, 0.1) is 6.92 Å². The fourth-order valence-electron chi connectivity index (χ4n) is 1.48. The minimum atomic E-state index is 0.637. The fourth-order valence-corrected chi connectivity index (χ4v) is 1.48. The van der Waals surface area contributed by atoms with Gasteiger partial charge in [0.1, 0.15) is 12.4 Å². The van der Waals surface area contributed by atoms with Crippen molar-refractivity contribution in [3.05, 3.63) is 41.5 Å². The Kier molecular flexibility index (Phi) is 4.91. The first kappa shape index (κ1) is 11.8. The minimum absolute atomic E-state index is 0.637. The van der Waals surface area contributed by atoms with Crippen LogP contribution in [0.5, 0.6) is 5.75 Å². The third-order valence-corrected chi connectivity index (χ3v) is 2.22. The van der Waals surface area contributed by atoms with Crippen molar-refractivity contribution in [1.82, 2.24) is 5.32 Å². The second-order valence-corrected chi connectivity index (χ2v) is 3.47. The van der Waals surface area contributed by atoms with Crippen molar-refractivity contribution < 1.29 is 4.74 Å². The molecular weight excluding hydrogens is 186 g/mol. The molecule has 1 aromatic carbocycles. The van der Waals surface area contributed by atoms with Gasteiger partial charge < -0.3 is 10.1 Å². The molecule has 2 nitrogen and oxygen atoms in total. The van der Waals surface area contributed by atoms with E-state index in [1.54, 1.807) is 0 Å². The van der Waals surface area contributed by atoms with E-state index in [-0.39, 0.29) is 0 Å². The van der Waals surface area contributed by atoms with Crippen LogP contribution in [0.3, 0.4) is 0 Å². The molecule has 1 rings (SSSR count). The number of hydrogen-bond acceptors (Lipinski definition) is 2. The maximum Gasteiger partial charge on any atom is 0.127 e. The third kappa shape index (κ3) is 3.40. The van der Waals surface area contributed by atoms with Crippen molar-refractivity contribution in [3.8, 4) is 5.75 Å². The summed E-state index contributed by atoms with van der Waals surface area (Å²) in [5, 5.41) is 3.14. The maximum atomic E-state index is 5.73. The first-order valence-corrected chi connectivity index (χ1v) is 5.26. The molecule has 0 spiro atoms. The molecule has 0 aliphatic heterocycles. The number of aryl methyl sites for hydroxylation is 1. The Morgan fingerprint density at radius 1 is 1.40 bits per heavy atom. The van der Waals surface area contributed by atoms with Gasteiger partial charge in [0, 0.05) is 12.1 Å². The van der Waals surface area contributed by atoms with Crippen molar-refractivity contribution in [3.63, 3.8) is 0 Å². The van der Waals surface area contributed by atoms with Gasteiger partial charge in [-0.25, -0.2) is 0 Å². The summed E-state index contributed by atoms with van der Waals surface area (Å²) in [4.78, 5) is 0. The highest BCUT2D eigenvalue weighted by molar-refractivity contribution is 5.40. The number of hydrogen-bond donors (Lipinski definition) is 1. The normalized spacial score (nSPS) is 10.9. The summed E-state index contributed by atoms with van der Waals surface area (Å²) in [6.45, 7) is 5.55. The summed E-state index contributed by atoms with van der Waals surface area (Å²) in [7, 11) is 1.94. The summed E-state index contributed by atoms with van der Waals surface area (Å²) >= 11 is 0. The molecule has 2 heteroatoms. The molecule has 82 valence electrons. The molecule has 0 aromatic heterocycles. The first-order chi connectivity index (χ1) is 7.29. The maximum absolute atomic E-state index is 5.73. The predicted octanol–water partition coefficient (Wildman–Crippen LogP) is 2.67.